The van der Waals surface area contributed by atoms with Gasteiger partial charge >= 0.3 is 8.03 Å². The molecule has 0 aromatic rings. The molecule has 160 valence electrons. The van der Waals surface area contributed by atoms with Gasteiger partial charge in [0.05, 0.1) is 21.1 Å². The largest absolute Gasteiger partial charge is 0.590 e. The molecule has 0 saturated heterocycles. The van der Waals surface area contributed by atoms with Crippen LogP contribution in [0.15, 0.2) is 12.2 Å². The zero-order valence-corrected chi connectivity index (χ0v) is 19.9. The van der Waals surface area contributed by atoms with Crippen molar-refractivity contribution in [3.05, 3.63) is 12.2 Å². The quantitative estimate of drug-likeness (QED) is 0.108. The zero-order chi connectivity index (χ0) is 20.6. The van der Waals surface area contributed by atoms with Gasteiger partial charge in [-0.15, -0.1) is 0 Å². The highest BCUT2D eigenvalue weighted by molar-refractivity contribution is 7.38. The predicted molar refractivity (Wildman–Crippen MR) is 118 cm³/mol. The van der Waals surface area contributed by atoms with Crippen molar-refractivity contribution in [1.29, 1.82) is 0 Å². The standard InChI is InChI=1S/C23H47NO2P/c1-6-8-9-10-11-12-13-14-15-16-17-18-19-20-21-22-23(7-2,27(25)26)24(3,4)5/h14-15H,6-13,16-22H2,1-5H3/q+1/b15-14-. The lowest BCUT2D eigenvalue weighted by atomic mass is 10.0. The maximum absolute atomic E-state index is 11.9. The third-order valence-electron chi connectivity index (χ3n) is 5.99. The summed E-state index contributed by atoms with van der Waals surface area (Å²) in [6, 6.07) is 0. The summed E-state index contributed by atoms with van der Waals surface area (Å²) in [5.74, 6) is 0. The molecule has 0 saturated carbocycles. The number of quaternary nitrogens is 1. The zero-order valence-electron chi connectivity index (χ0n) is 19.0. The average molecular weight is 401 g/mol. The van der Waals surface area contributed by atoms with Gasteiger partial charge in [0.25, 0.3) is 5.28 Å². The maximum atomic E-state index is 11.9. The summed E-state index contributed by atoms with van der Waals surface area (Å²) in [6.07, 6.45) is 22.8. The van der Waals surface area contributed by atoms with Crippen molar-refractivity contribution in [2.24, 2.45) is 0 Å². The summed E-state index contributed by atoms with van der Waals surface area (Å²) < 4.78 is 12.4. The van der Waals surface area contributed by atoms with Crippen LogP contribution in [0, 0.1) is 0 Å². The van der Waals surface area contributed by atoms with Crippen LogP contribution in [0.5, 0.6) is 0 Å². The Morgan fingerprint density at radius 1 is 0.778 bits per heavy atom. The second-order valence-corrected chi connectivity index (χ2v) is 10.3. The molecule has 27 heavy (non-hydrogen) atoms. The van der Waals surface area contributed by atoms with Gasteiger partial charge in [0.2, 0.25) is 0 Å². The van der Waals surface area contributed by atoms with Gasteiger partial charge in [-0.2, -0.15) is 0 Å². The van der Waals surface area contributed by atoms with E-state index >= 15 is 0 Å². The van der Waals surface area contributed by atoms with Gasteiger partial charge in [-0.05, 0) is 32.1 Å². The molecule has 0 bridgehead atoms. The number of hydrogen-bond donors (Lipinski definition) is 0. The third-order valence-corrected chi connectivity index (χ3v) is 7.81. The molecule has 0 aliphatic heterocycles. The first-order chi connectivity index (χ1) is 12.8. The van der Waals surface area contributed by atoms with Gasteiger partial charge in [-0.3, -0.25) is 4.48 Å². The van der Waals surface area contributed by atoms with Crippen LogP contribution in [-0.2, 0) is 4.57 Å². The van der Waals surface area contributed by atoms with Crippen LogP contribution in [-0.4, -0.2) is 30.9 Å². The smallest absolute Gasteiger partial charge is 0.376 e. The van der Waals surface area contributed by atoms with Gasteiger partial charge in [0.15, 0.2) is 0 Å². The molecule has 0 rings (SSSR count). The lowest BCUT2D eigenvalue weighted by Crippen LogP contribution is -2.55. The molecule has 2 atom stereocenters. The molecule has 0 radical (unpaired) electrons. The Labute approximate surface area is 171 Å². The Balaban J connectivity index is 3.71. The van der Waals surface area contributed by atoms with E-state index in [1.54, 1.807) is 0 Å². The fourth-order valence-electron chi connectivity index (χ4n) is 3.93. The monoisotopic (exact) mass is 400 g/mol. The molecule has 0 aromatic carbocycles. The highest BCUT2D eigenvalue weighted by Crippen LogP contribution is 2.44. The minimum atomic E-state index is -2.42. The first-order valence-electron chi connectivity index (χ1n) is 11.4. The first kappa shape index (κ1) is 26.8. The fourth-order valence-corrected chi connectivity index (χ4v) is 5.02. The van der Waals surface area contributed by atoms with E-state index in [0.717, 1.165) is 19.3 Å². The number of nitrogens with zero attached hydrogens (tertiary/aromatic N) is 1. The average Bonchev–Trinajstić information content (AvgIpc) is 2.60. The van der Waals surface area contributed by atoms with E-state index in [1.165, 1.54) is 70.6 Å². The molecular formula is C23H47NO2P+. The van der Waals surface area contributed by atoms with Gasteiger partial charge in [0, 0.05) is 12.8 Å². The van der Waals surface area contributed by atoms with E-state index in [-0.39, 0.29) is 0 Å². The second-order valence-electron chi connectivity index (χ2n) is 8.94. The Bertz CT molecular complexity index is 404. The van der Waals surface area contributed by atoms with Crippen molar-refractivity contribution in [2.45, 2.75) is 115 Å². The number of unbranched alkanes of at least 4 members (excludes halogenated alkanes) is 11. The van der Waals surface area contributed by atoms with Crippen molar-refractivity contribution in [1.82, 2.24) is 0 Å². The van der Waals surface area contributed by atoms with Crippen molar-refractivity contribution >= 4 is 8.03 Å². The molecule has 0 aliphatic carbocycles. The van der Waals surface area contributed by atoms with E-state index in [0.29, 0.717) is 10.9 Å². The Morgan fingerprint density at radius 3 is 1.63 bits per heavy atom. The van der Waals surface area contributed by atoms with Gasteiger partial charge in [-0.1, -0.05) is 81.9 Å². The van der Waals surface area contributed by atoms with Crippen LogP contribution >= 0.6 is 8.03 Å². The lowest BCUT2D eigenvalue weighted by Gasteiger charge is -2.39. The maximum Gasteiger partial charge on any atom is 0.376 e. The van der Waals surface area contributed by atoms with E-state index in [9.17, 15) is 9.46 Å². The van der Waals surface area contributed by atoms with Gasteiger partial charge < -0.3 is 4.89 Å². The van der Waals surface area contributed by atoms with E-state index < -0.39 is 13.3 Å². The SMILES string of the molecule is CCCCCCCC/C=C\CCCCCCCC(CC)([P+](=O)[O-])[N+](C)(C)C. The minimum absolute atomic E-state index is 0.506. The van der Waals surface area contributed by atoms with Crippen molar-refractivity contribution in [2.75, 3.05) is 21.1 Å². The summed E-state index contributed by atoms with van der Waals surface area (Å²) in [6.45, 7) is 4.27. The summed E-state index contributed by atoms with van der Waals surface area (Å²) in [5, 5.41) is -0.603. The van der Waals surface area contributed by atoms with Crippen LogP contribution in [0.1, 0.15) is 110 Å². The molecule has 0 N–H and O–H groups in total. The number of allylic oxidation sites excluding steroid dienone is 2. The van der Waals surface area contributed by atoms with Gasteiger partial charge in [-0.25, -0.2) is 0 Å². The summed E-state index contributed by atoms with van der Waals surface area (Å²) in [7, 11) is 3.60. The van der Waals surface area contributed by atoms with Crippen LogP contribution in [0.25, 0.3) is 0 Å². The Morgan fingerprint density at radius 2 is 1.22 bits per heavy atom. The van der Waals surface area contributed by atoms with Crippen molar-refractivity contribution < 1.29 is 13.9 Å². The fraction of sp³-hybridized carbons (Fsp3) is 0.913. The van der Waals surface area contributed by atoms with Crippen LogP contribution in [0.4, 0.5) is 0 Å². The summed E-state index contributed by atoms with van der Waals surface area (Å²) in [4.78, 5) is 11.9. The third kappa shape index (κ3) is 11.4. The van der Waals surface area contributed by atoms with Crippen LogP contribution in [0.2, 0.25) is 0 Å². The molecule has 0 amide bonds. The molecule has 0 spiro atoms. The van der Waals surface area contributed by atoms with Gasteiger partial charge in [0.1, 0.15) is 0 Å². The summed E-state index contributed by atoms with van der Waals surface area (Å²) >= 11 is 0. The molecular weight excluding hydrogens is 353 g/mol. The topological polar surface area (TPSA) is 40.1 Å². The lowest BCUT2D eigenvalue weighted by molar-refractivity contribution is -0.910. The highest BCUT2D eigenvalue weighted by Gasteiger charge is 2.52. The van der Waals surface area contributed by atoms with Crippen molar-refractivity contribution in [3.63, 3.8) is 0 Å². The summed E-state index contributed by atoms with van der Waals surface area (Å²) in [5.41, 5.74) is 0. The molecule has 0 fully saturated rings. The predicted octanol–water partition coefficient (Wildman–Crippen LogP) is 6.94. The first-order valence-corrected chi connectivity index (χ1v) is 12.6. The molecule has 0 heterocycles. The number of hydrogen-bond acceptors (Lipinski definition) is 2. The second kappa shape index (κ2) is 15.7. The molecule has 4 heteroatoms. The highest BCUT2D eigenvalue weighted by atomic mass is 31.1. The molecule has 0 aliphatic rings. The van der Waals surface area contributed by atoms with E-state index in [2.05, 4.69) is 19.1 Å². The van der Waals surface area contributed by atoms with E-state index in [4.69, 9.17) is 0 Å². The molecule has 3 nitrogen and oxygen atoms in total. The van der Waals surface area contributed by atoms with Crippen molar-refractivity contribution in [3.8, 4) is 0 Å². The molecule has 2 unspecified atom stereocenters. The Kier molecular flexibility index (Phi) is 15.5. The molecule has 0 aromatic heterocycles. The van der Waals surface area contributed by atoms with Crippen LogP contribution < -0.4 is 4.89 Å². The van der Waals surface area contributed by atoms with E-state index in [1.807, 2.05) is 28.1 Å². The van der Waals surface area contributed by atoms with Crippen LogP contribution in [0.3, 0.4) is 0 Å². The minimum Gasteiger partial charge on any atom is -0.590 e. The number of rotatable bonds is 18. The normalized spacial score (nSPS) is 15.3. The Hall–Kier alpha value is -0.240.